The second kappa shape index (κ2) is 6.67. The third kappa shape index (κ3) is 3.67. The van der Waals surface area contributed by atoms with Gasteiger partial charge in [-0.2, -0.15) is 5.26 Å². The Morgan fingerprint density at radius 2 is 1.90 bits per heavy atom. The summed E-state index contributed by atoms with van der Waals surface area (Å²) in [6.45, 7) is 2.72. The number of benzene rings is 1. The highest BCUT2D eigenvalue weighted by molar-refractivity contribution is 5.50. The van der Waals surface area contributed by atoms with Gasteiger partial charge in [-0.25, -0.2) is 8.78 Å². The molecular weight excluding hydrogens is 260 g/mol. The smallest absolute Gasteiger partial charge is 0.150 e. The van der Waals surface area contributed by atoms with Crippen LogP contribution in [-0.4, -0.2) is 31.6 Å². The molecule has 0 spiro atoms. The van der Waals surface area contributed by atoms with Crippen LogP contribution in [0.15, 0.2) is 12.1 Å². The van der Waals surface area contributed by atoms with Crippen LogP contribution in [0.1, 0.15) is 24.8 Å². The molecule has 1 fully saturated rings. The van der Waals surface area contributed by atoms with Gasteiger partial charge in [0, 0.05) is 6.54 Å². The predicted molar refractivity (Wildman–Crippen MR) is 74.4 cm³/mol. The van der Waals surface area contributed by atoms with E-state index in [4.69, 9.17) is 5.26 Å². The summed E-state index contributed by atoms with van der Waals surface area (Å²) in [4.78, 5) is 2.30. The first-order valence-electron chi connectivity index (χ1n) is 6.91. The molecular formula is C15H19F2N3. The predicted octanol–water partition coefficient (Wildman–Crippen LogP) is 2.98. The van der Waals surface area contributed by atoms with Crippen molar-refractivity contribution in [3.05, 3.63) is 29.3 Å². The van der Waals surface area contributed by atoms with Crippen molar-refractivity contribution in [2.75, 3.05) is 32.0 Å². The first kappa shape index (κ1) is 14.7. The topological polar surface area (TPSA) is 39.1 Å². The third-order valence-electron chi connectivity index (χ3n) is 3.86. The zero-order valence-corrected chi connectivity index (χ0v) is 11.6. The normalized spacial score (nSPS) is 16.9. The number of nitriles is 1. The monoisotopic (exact) mass is 279 g/mol. The number of hydrogen-bond acceptors (Lipinski definition) is 3. The van der Waals surface area contributed by atoms with E-state index < -0.39 is 11.6 Å². The Hall–Kier alpha value is -1.67. The number of nitrogens with zero attached hydrogens (tertiary/aromatic N) is 2. The van der Waals surface area contributed by atoms with Gasteiger partial charge in [-0.3, -0.25) is 0 Å². The lowest BCUT2D eigenvalue weighted by Gasteiger charge is -2.29. The van der Waals surface area contributed by atoms with Crippen molar-refractivity contribution < 1.29 is 8.78 Å². The van der Waals surface area contributed by atoms with Crippen molar-refractivity contribution in [2.24, 2.45) is 5.92 Å². The fraction of sp³-hybridized carbons (Fsp3) is 0.533. The number of piperidine rings is 1. The molecule has 3 nitrogen and oxygen atoms in total. The van der Waals surface area contributed by atoms with Gasteiger partial charge in [-0.05, 0) is 57.5 Å². The van der Waals surface area contributed by atoms with Gasteiger partial charge in [0.2, 0.25) is 0 Å². The number of halogens is 2. The van der Waals surface area contributed by atoms with E-state index in [9.17, 15) is 8.78 Å². The van der Waals surface area contributed by atoms with E-state index in [1.54, 1.807) is 6.07 Å². The van der Waals surface area contributed by atoms with Crippen molar-refractivity contribution in [3.8, 4) is 6.07 Å². The zero-order chi connectivity index (χ0) is 14.5. The zero-order valence-electron chi connectivity index (χ0n) is 11.6. The van der Waals surface area contributed by atoms with Crippen LogP contribution in [0, 0.1) is 28.9 Å². The maximum absolute atomic E-state index is 13.7. The molecule has 5 heteroatoms. The molecule has 1 aromatic carbocycles. The second-order valence-electron chi connectivity index (χ2n) is 5.39. The summed E-state index contributed by atoms with van der Waals surface area (Å²) in [5.74, 6) is -0.793. The van der Waals surface area contributed by atoms with Crippen LogP contribution >= 0.6 is 0 Å². The van der Waals surface area contributed by atoms with Gasteiger partial charge in [0.25, 0.3) is 0 Å². The molecule has 2 rings (SSSR count). The van der Waals surface area contributed by atoms with Crippen LogP contribution in [0.3, 0.4) is 0 Å². The first-order chi connectivity index (χ1) is 9.60. The van der Waals surface area contributed by atoms with E-state index in [2.05, 4.69) is 17.3 Å². The fourth-order valence-corrected chi connectivity index (χ4v) is 2.56. The molecule has 0 atom stereocenters. The van der Waals surface area contributed by atoms with Crippen LogP contribution in [-0.2, 0) is 0 Å². The van der Waals surface area contributed by atoms with Crippen molar-refractivity contribution >= 4 is 5.69 Å². The SMILES string of the molecule is CN1CCC(CCNc2c(F)cc(C#N)cc2F)CC1. The van der Waals surface area contributed by atoms with Gasteiger partial charge in [0.1, 0.15) is 5.69 Å². The van der Waals surface area contributed by atoms with Crippen LogP contribution in [0.4, 0.5) is 14.5 Å². The average Bonchev–Trinajstić information content (AvgIpc) is 2.43. The minimum absolute atomic E-state index is 0.000803. The molecule has 1 N–H and O–H groups in total. The third-order valence-corrected chi connectivity index (χ3v) is 3.86. The molecule has 1 heterocycles. The lowest BCUT2D eigenvalue weighted by molar-refractivity contribution is 0.215. The quantitative estimate of drug-likeness (QED) is 0.921. The van der Waals surface area contributed by atoms with Gasteiger partial charge < -0.3 is 10.2 Å². The molecule has 1 aliphatic rings. The summed E-state index contributed by atoms with van der Waals surface area (Å²) in [5, 5.41) is 11.5. The highest BCUT2D eigenvalue weighted by atomic mass is 19.1. The minimum atomic E-state index is -0.704. The molecule has 0 amide bonds. The van der Waals surface area contributed by atoms with E-state index in [-0.39, 0.29) is 11.3 Å². The van der Waals surface area contributed by atoms with Crippen LogP contribution < -0.4 is 5.32 Å². The van der Waals surface area contributed by atoms with E-state index in [1.165, 1.54) is 0 Å². The Balaban J connectivity index is 1.87. The van der Waals surface area contributed by atoms with Gasteiger partial charge >= 0.3 is 0 Å². The van der Waals surface area contributed by atoms with E-state index in [0.717, 1.165) is 44.5 Å². The maximum Gasteiger partial charge on any atom is 0.150 e. The molecule has 1 aliphatic heterocycles. The largest absolute Gasteiger partial charge is 0.380 e. The van der Waals surface area contributed by atoms with Crippen LogP contribution in [0.2, 0.25) is 0 Å². The number of hydrogen-bond donors (Lipinski definition) is 1. The van der Waals surface area contributed by atoms with Crippen molar-refractivity contribution in [1.82, 2.24) is 4.90 Å². The first-order valence-corrected chi connectivity index (χ1v) is 6.91. The number of rotatable bonds is 4. The minimum Gasteiger partial charge on any atom is -0.380 e. The van der Waals surface area contributed by atoms with Crippen molar-refractivity contribution in [2.45, 2.75) is 19.3 Å². The Morgan fingerprint density at radius 1 is 1.30 bits per heavy atom. The molecule has 0 saturated carbocycles. The summed E-state index contributed by atoms with van der Waals surface area (Å²) < 4.78 is 27.3. The maximum atomic E-state index is 13.7. The Labute approximate surface area is 118 Å². The Bertz CT molecular complexity index is 479. The number of likely N-dealkylation sites (tertiary alicyclic amines) is 1. The van der Waals surface area contributed by atoms with Crippen molar-refractivity contribution in [1.29, 1.82) is 5.26 Å². The summed E-state index contributed by atoms with van der Waals surface area (Å²) in [5.41, 5.74) is -0.127. The molecule has 0 bridgehead atoms. The fourth-order valence-electron chi connectivity index (χ4n) is 2.56. The molecule has 20 heavy (non-hydrogen) atoms. The highest BCUT2D eigenvalue weighted by Gasteiger charge is 2.17. The second-order valence-corrected chi connectivity index (χ2v) is 5.39. The van der Waals surface area contributed by atoms with Gasteiger partial charge in [0.05, 0.1) is 11.6 Å². The highest BCUT2D eigenvalue weighted by Crippen LogP contribution is 2.23. The van der Waals surface area contributed by atoms with Crippen LogP contribution in [0.5, 0.6) is 0 Å². The molecule has 1 saturated heterocycles. The molecule has 1 aromatic rings. The van der Waals surface area contributed by atoms with Crippen molar-refractivity contribution in [3.63, 3.8) is 0 Å². The van der Waals surface area contributed by atoms with Gasteiger partial charge in [-0.1, -0.05) is 0 Å². The average molecular weight is 279 g/mol. The summed E-state index contributed by atoms with van der Waals surface area (Å²) in [6, 6.07) is 3.85. The number of nitrogens with one attached hydrogen (secondary N) is 1. The molecule has 0 radical (unpaired) electrons. The van der Waals surface area contributed by atoms with Gasteiger partial charge in [-0.15, -0.1) is 0 Å². The van der Waals surface area contributed by atoms with E-state index in [0.29, 0.717) is 12.5 Å². The lowest BCUT2D eigenvalue weighted by Crippen LogP contribution is -2.30. The lowest BCUT2D eigenvalue weighted by atomic mass is 9.94. The Morgan fingerprint density at radius 3 is 2.45 bits per heavy atom. The molecule has 108 valence electrons. The molecule has 0 aromatic heterocycles. The molecule has 0 unspecified atom stereocenters. The summed E-state index contributed by atoms with van der Waals surface area (Å²) in [7, 11) is 2.11. The van der Waals surface area contributed by atoms with Gasteiger partial charge in [0.15, 0.2) is 11.6 Å². The van der Waals surface area contributed by atoms with E-state index >= 15 is 0 Å². The Kier molecular flexibility index (Phi) is 4.91. The summed E-state index contributed by atoms with van der Waals surface area (Å²) >= 11 is 0. The molecule has 0 aliphatic carbocycles. The summed E-state index contributed by atoms with van der Waals surface area (Å²) in [6.07, 6.45) is 3.18. The van der Waals surface area contributed by atoms with E-state index in [1.807, 2.05) is 0 Å². The van der Waals surface area contributed by atoms with Crippen LogP contribution in [0.25, 0.3) is 0 Å². The number of anilines is 1. The standard InChI is InChI=1S/C15H19F2N3/c1-20-6-3-11(4-7-20)2-5-19-15-13(16)8-12(10-18)9-14(15)17/h8-9,11,19H,2-7H2,1H3.